The van der Waals surface area contributed by atoms with Crippen molar-refractivity contribution in [1.82, 2.24) is 25.2 Å². The highest BCUT2D eigenvalue weighted by molar-refractivity contribution is 7.15. The molecule has 36 heavy (non-hydrogen) atoms. The van der Waals surface area contributed by atoms with Gasteiger partial charge in [-0.15, -0.1) is 11.3 Å². The minimum atomic E-state index is -0.566. The van der Waals surface area contributed by atoms with E-state index >= 15 is 0 Å². The number of hydrogen-bond donors (Lipinski definition) is 1. The number of methoxy groups -OCH3 is 2. The molecule has 2 aliphatic heterocycles. The zero-order valence-corrected chi connectivity index (χ0v) is 22.0. The van der Waals surface area contributed by atoms with Gasteiger partial charge in [0, 0.05) is 37.9 Å². The first-order valence-corrected chi connectivity index (χ1v) is 13.0. The first kappa shape index (κ1) is 24.5. The van der Waals surface area contributed by atoms with Crippen LogP contribution in [0.25, 0.3) is 10.4 Å². The standard InChI is InChI=1S/C26H32N6O3S/c1-17-14-22(35-4)30-25(28-17)31-11-8-26(9-12-31)24(33)32(13-10-27-26)16-21-23(36-18(2)29-21)19-6-5-7-20(15-19)34-3/h5-7,14-15,27H,8-13,16H2,1-4H3. The molecule has 0 atom stereocenters. The molecule has 1 N–H and O–H groups in total. The third-order valence-electron chi connectivity index (χ3n) is 6.95. The number of ether oxygens (including phenoxy) is 2. The second-order valence-electron chi connectivity index (χ2n) is 9.31. The van der Waals surface area contributed by atoms with E-state index in [1.807, 2.05) is 43.0 Å². The van der Waals surface area contributed by atoms with E-state index in [9.17, 15) is 4.79 Å². The van der Waals surface area contributed by atoms with Crippen LogP contribution in [-0.2, 0) is 11.3 Å². The Morgan fingerprint density at radius 2 is 1.86 bits per heavy atom. The van der Waals surface area contributed by atoms with Gasteiger partial charge in [-0.25, -0.2) is 9.97 Å². The third-order valence-corrected chi connectivity index (χ3v) is 8.01. The maximum atomic E-state index is 13.8. The number of anilines is 1. The van der Waals surface area contributed by atoms with E-state index in [-0.39, 0.29) is 5.91 Å². The predicted octanol–water partition coefficient (Wildman–Crippen LogP) is 3.21. The Morgan fingerprint density at radius 1 is 1.06 bits per heavy atom. The number of rotatable bonds is 6. The van der Waals surface area contributed by atoms with Gasteiger partial charge in [0.15, 0.2) is 0 Å². The monoisotopic (exact) mass is 508 g/mol. The van der Waals surface area contributed by atoms with Gasteiger partial charge in [-0.2, -0.15) is 4.98 Å². The second kappa shape index (κ2) is 10.0. The molecular weight excluding hydrogens is 476 g/mol. The van der Waals surface area contributed by atoms with Crippen LogP contribution in [0.1, 0.15) is 29.2 Å². The summed E-state index contributed by atoms with van der Waals surface area (Å²) >= 11 is 1.65. The molecule has 1 amide bonds. The quantitative estimate of drug-likeness (QED) is 0.543. The Labute approximate surface area is 215 Å². The first-order valence-electron chi connectivity index (χ1n) is 12.2. The zero-order chi connectivity index (χ0) is 25.3. The maximum absolute atomic E-state index is 13.8. The predicted molar refractivity (Wildman–Crippen MR) is 140 cm³/mol. The fraction of sp³-hybridized carbons (Fsp3) is 0.462. The van der Waals surface area contributed by atoms with Crippen LogP contribution in [0.5, 0.6) is 11.6 Å². The Kier molecular flexibility index (Phi) is 6.81. The fourth-order valence-electron chi connectivity index (χ4n) is 5.06. The number of piperidine rings is 1. The zero-order valence-electron chi connectivity index (χ0n) is 21.2. The molecule has 0 unspecified atom stereocenters. The lowest BCUT2D eigenvalue weighted by Gasteiger charge is -2.47. The first-order chi connectivity index (χ1) is 17.4. The number of aromatic nitrogens is 3. The lowest BCUT2D eigenvalue weighted by Crippen LogP contribution is -2.67. The van der Waals surface area contributed by atoms with E-state index in [2.05, 4.69) is 26.3 Å². The number of amides is 1. The minimum absolute atomic E-state index is 0.151. The van der Waals surface area contributed by atoms with Crippen LogP contribution in [0.3, 0.4) is 0 Å². The van der Waals surface area contributed by atoms with Crippen molar-refractivity contribution in [3.05, 3.63) is 46.7 Å². The van der Waals surface area contributed by atoms with Crippen molar-refractivity contribution in [2.45, 2.75) is 38.8 Å². The van der Waals surface area contributed by atoms with E-state index in [4.69, 9.17) is 14.5 Å². The van der Waals surface area contributed by atoms with Gasteiger partial charge in [0.2, 0.25) is 17.7 Å². The number of carbonyl (C=O) groups excluding carboxylic acids is 1. The van der Waals surface area contributed by atoms with Gasteiger partial charge in [0.1, 0.15) is 11.3 Å². The van der Waals surface area contributed by atoms with Crippen LogP contribution < -0.4 is 19.7 Å². The largest absolute Gasteiger partial charge is 0.497 e. The molecule has 0 aliphatic carbocycles. The number of nitrogens with one attached hydrogen (secondary N) is 1. The highest BCUT2D eigenvalue weighted by Crippen LogP contribution is 2.35. The van der Waals surface area contributed by atoms with Crippen molar-refractivity contribution in [2.24, 2.45) is 0 Å². The number of piperazine rings is 1. The lowest BCUT2D eigenvalue weighted by molar-refractivity contribution is -0.143. The van der Waals surface area contributed by atoms with E-state index < -0.39 is 5.54 Å². The van der Waals surface area contributed by atoms with Crippen LogP contribution in [0.2, 0.25) is 0 Å². The normalized spacial score (nSPS) is 17.5. The molecule has 5 rings (SSSR count). The molecule has 2 fully saturated rings. The van der Waals surface area contributed by atoms with Gasteiger partial charge in [0.25, 0.3) is 0 Å². The summed E-state index contributed by atoms with van der Waals surface area (Å²) in [5, 5.41) is 4.54. The highest BCUT2D eigenvalue weighted by atomic mass is 32.1. The van der Waals surface area contributed by atoms with Gasteiger partial charge in [0.05, 0.1) is 36.3 Å². The maximum Gasteiger partial charge on any atom is 0.243 e. The summed E-state index contributed by atoms with van der Waals surface area (Å²) in [6.45, 7) is 7.27. The van der Waals surface area contributed by atoms with E-state index in [1.165, 1.54) is 0 Å². The summed E-state index contributed by atoms with van der Waals surface area (Å²) in [7, 11) is 3.28. The number of carbonyl (C=O) groups is 1. The molecule has 4 heterocycles. The topological polar surface area (TPSA) is 92.7 Å². The summed E-state index contributed by atoms with van der Waals surface area (Å²) in [4.78, 5) is 32.9. The summed E-state index contributed by atoms with van der Waals surface area (Å²) in [6, 6.07) is 9.83. The van der Waals surface area contributed by atoms with Gasteiger partial charge < -0.3 is 24.6 Å². The van der Waals surface area contributed by atoms with E-state index in [0.29, 0.717) is 50.8 Å². The molecule has 190 valence electrons. The molecule has 1 aromatic carbocycles. The molecule has 0 saturated carbocycles. The number of aryl methyl sites for hydroxylation is 2. The summed E-state index contributed by atoms with van der Waals surface area (Å²) in [5.41, 5.74) is 2.30. The van der Waals surface area contributed by atoms with Crippen molar-refractivity contribution in [3.8, 4) is 22.1 Å². The molecule has 9 nitrogen and oxygen atoms in total. The van der Waals surface area contributed by atoms with Crippen molar-refractivity contribution in [1.29, 1.82) is 0 Å². The van der Waals surface area contributed by atoms with Gasteiger partial charge in [-0.05, 0) is 44.4 Å². The average Bonchev–Trinajstić information content (AvgIpc) is 3.26. The molecule has 0 radical (unpaired) electrons. The Hall–Kier alpha value is -3.24. The van der Waals surface area contributed by atoms with Crippen molar-refractivity contribution in [2.75, 3.05) is 45.3 Å². The average molecular weight is 509 g/mol. The minimum Gasteiger partial charge on any atom is -0.497 e. The SMILES string of the molecule is COc1cccc(-c2sc(C)nc2CN2CCNC3(CCN(c4nc(C)cc(OC)n4)CC3)C2=O)c1. The lowest BCUT2D eigenvalue weighted by atomic mass is 9.84. The second-order valence-corrected chi connectivity index (χ2v) is 10.5. The molecule has 3 aromatic rings. The van der Waals surface area contributed by atoms with Gasteiger partial charge >= 0.3 is 0 Å². The number of thiazole rings is 1. The van der Waals surface area contributed by atoms with Crippen LogP contribution in [0, 0.1) is 13.8 Å². The number of nitrogens with zero attached hydrogens (tertiary/aromatic N) is 5. The highest BCUT2D eigenvalue weighted by Gasteiger charge is 2.46. The molecule has 10 heteroatoms. The molecule has 2 saturated heterocycles. The van der Waals surface area contributed by atoms with Crippen LogP contribution >= 0.6 is 11.3 Å². The number of hydrogen-bond acceptors (Lipinski definition) is 9. The van der Waals surface area contributed by atoms with E-state index in [1.54, 1.807) is 25.6 Å². The fourth-order valence-corrected chi connectivity index (χ4v) is 5.98. The summed E-state index contributed by atoms with van der Waals surface area (Å²) in [6.07, 6.45) is 1.39. The van der Waals surface area contributed by atoms with E-state index in [0.717, 1.165) is 39.1 Å². The molecular formula is C26H32N6O3S. The molecule has 2 aromatic heterocycles. The third kappa shape index (κ3) is 4.75. The van der Waals surface area contributed by atoms with Crippen LogP contribution in [0.15, 0.2) is 30.3 Å². The Morgan fingerprint density at radius 3 is 2.61 bits per heavy atom. The van der Waals surface area contributed by atoms with Gasteiger partial charge in [-0.3, -0.25) is 4.79 Å². The van der Waals surface area contributed by atoms with Crippen molar-refractivity contribution >= 4 is 23.2 Å². The summed E-state index contributed by atoms with van der Waals surface area (Å²) < 4.78 is 10.7. The van der Waals surface area contributed by atoms with Crippen molar-refractivity contribution < 1.29 is 14.3 Å². The Bertz CT molecular complexity index is 1250. The van der Waals surface area contributed by atoms with Gasteiger partial charge in [-0.1, -0.05) is 12.1 Å². The summed E-state index contributed by atoms with van der Waals surface area (Å²) in [5.74, 6) is 2.17. The molecule has 1 spiro atoms. The molecule has 0 bridgehead atoms. The smallest absolute Gasteiger partial charge is 0.243 e. The van der Waals surface area contributed by atoms with Crippen LogP contribution in [-0.4, -0.2) is 71.7 Å². The van der Waals surface area contributed by atoms with Crippen LogP contribution in [0.4, 0.5) is 5.95 Å². The Balaban J connectivity index is 1.32. The number of benzene rings is 1. The van der Waals surface area contributed by atoms with Crippen molar-refractivity contribution in [3.63, 3.8) is 0 Å². The molecule has 2 aliphatic rings.